The Kier molecular flexibility index (Phi) is 4.47. The Morgan fingerprint density at radius 2 is 1.60 bits per heavy atom. The number of hydrogen-bond donors (Lipinski definition) is 0. The number of sulfonamides is 1. The van der Waals surface area contributed by atoms with Crippen molar-refractivity contribution in [2.24, 2.45) is 0 Å². The second kappa shape index (κ2) is 6.31. The Morgan fingerprint density at radius 1 is 1.00 bits per heavy atom. The number of aryl methyl sites for hydroxylation is 2. The molecule has 0 fully saturated rings. The molecule has 0 saturated heterocycles. The van der Waals surface area contributed by atoms with Crippen LogP contribution in [0, 0.1) is 13.8 Å². The van der Waals surface area contributed by atoms with Crippen molar-refractivity contribution in [2.45, 2.75) is 24.8 Å². The highest BCUT2D eigenvalue weighted by Crippen LogP contribution is 2.31. The molecule has 0 unspecified atom stereocenters. The Hall–Kier alpha value is -2.12. The molecule has 132 valence electrons. The largest absolute Gasteiger partial charge is 0.264 e. The monoisotopic (exact) mass is 377 g/mol. The molecule has 1 atom stereocenters. The van der Waals surface area contributed by atoms with Crippen LogP contribution in [0.25, 0.3) is 0 Å². The van der Waals surface area contributed by atoms with Gasteiger partial charge in [-0.15, -0.1) is 0 Å². The summed E-state index contributed by atoms with van der Waals surface area (Å²) in [6, 6.07) is 12.7. The van der Waals surface area contributed by atoms with Crippen molar-refractivity contribution in [3.63, 3.8) is 0 Å². The Bertz CT molecular complexity index is 1010. The van der Waals surface area contributed by atoms with E-state index in [2.05, 4.69) is 0 Å². The van der Waals surface area contributed by atoms with Gasteiger partial charge < -0.3 is 0 Å². The molecule has 1 aliphatic rings. The molecule has 0 spiro atoms. The molecule has 2 aromatic rings. The summed E-state index contributed by atoms with van der Waals surface area (Å²) in [5.74, 6) is -0.258. The minimum Gasteiger partial charge on any atom is -0.258 e. The van der Waals surface area contributed by atoms with Gasteiger partial charge in [0.15, 0.2) is 9.84 Å². The van der Waals surface area contributed by atoms with Gasteiger partial charge in [0.05, 0.1) is 22.4 Å². The van der Waals surface area contributed by atoms with Crippen LogP contribution in [0.3, 0.4) is 0 Å². The second-order valence-corrected chi connectivity index (χ2v) is 9.93. The van der Waals surface area contributed by atoms with Crippen LogP contribution in [-0.4, -0.2) is 28.6 Å². The minimum atomic E-state index is -3.90. The van der Waals surface area contributed by atoms with Crippen LogP contribution in [0.2, 0.25) is 0 Å². The molecule has 0 aromatic heterocycles. The summed E-state index contributed by atoms with van der Waals surface area (Å²) in [6.07, 6.45) is 1.44. The van der Waals surface area contributed by atoms with Gasteiger partial charge in [-0.25, -0.2) is 16.8 Å². The first-order valence-corrected chi connectivity index (χ1v) is 10.9. The average Bonchev–Trinajstić information content (AvgIpc) is 2.86. The maximum absolute atomic E-state index is 13.3. The number of rotatable bonds is 4. The highest BCUT2D eigenvalue weighted by molar-refractivity contribution is 7.95. The highest BCUT2D eigenvalue weighted by Gasteiger charge is 2.36. The van der Waals surface area contributed by atoms with E-state index in [-0.39, 0.29) is 10.6 Å². The molecule has 0 bridgehead atoms. The molecule has 0 aliphatic carbocycles. The van der Waals surface area contributed by atoms with Gasteiger partial charge in [0.1, 0.15) is 0 Å². The van der Waals surface area contributed by atoms with Crippen LogP contribution in [0.4, 0.5) is 5.69 Å². The first-order valence-electron chi connectivity index (χ1n) is 7.78. The van der Waals surface area contributed by atoms with E-state index >= 15 is 0 Å². The van der Waals surface area contributed by atoms with Gasteiger partial charge in [0.2, 0.25) is 0 Å². The maximum Gasteiger partial charge on any atom is 0.264 e. The number of benzene rings is 2. The summed E-state index contributed by atoms with van der Waals surface area (Å²) < 4.78 is 51.4. The van der Waals surface area contributed by atoms with E-state index < -0.39 is 25.9 Å². The average molecular weight is 377 g/mol. The molecular formula is C18H19NO4S2. The van der Waals surface area contributed by atoms with E-state index in [0.717, 1.165) is 16.5 Å². The lowest BCUT2D eigenvalue weighted by atomic mass is 10.1. The summed E-state index contributed by atoms with van der Waals surface area (Å²) in [4.78, 5) is 0.131. The van der Waals surface area contributed by atoms with Crippen LogP contribution in [-0.2, 0) is 19.9 Å². The first-order chi connectivity index (χ1) is 11.7. The number of nitrogens with zero attached hydrogens (tertiary/aromatic N) is 1. The van der Waals surface area contributed by atoms with Gasteiger partial charge >= 0.3 is 0 Å². The zero-order chi connectivity index (χ0) is 18.2. The van der Waals surface area contributed by atoms with E-state index in [1.165, 1.54) is 22.5 Å². The molecule has 1 heterocycles. The van der Waals surface area contributed by atoms with Crippen LogP contribution in [0.15, 0.2) is 64.9 Å². The topological polar surface area (TPSA) is 71.5 Å². The molecule has 7 heteroatoms. The van der Waals surface area contributed by atoms with Crippen LogP contribution < -0.4 is 4.31 Å². The third kappa shape index (κ3) is 3.62. The molecule has 2 aromatic carbocycles. The number of sulfone groups is 1. The fourth-order valence-electron chi connectivity index (χ4n) is 3.00. The van der Waals surface area contributed by atoms with E-state index in [0.29, 0.717) is 5.69 Å². The Labute approximate surface area is 148 Å². The summed E-state index contributed by atoms with van der Waals surface area (Å²) >= 11 is 0. The van der Waals surface area contributed by atoms with Gasteiger partial charge in [0.25, 0.3) is 10.0 Å². The first kappa shape index (κ1) is 17.7. The lowest BCUT2D eigenvalue weighted by Crippen LogP contribution is -2.41. The van der Waals surface area contributed by atoms with Crippen molar-refractivity contribution in [2.75, 3.05) is 10.1 Å². The standard InChI is InChI=1S/C18H19NO4S2/c1-14-10-15(2)12-17(11-14)19(16-8-9-24(20,21)13-16)25(22,23)18-6-4-3-5-7-18/h3-12,16H,13H2,1-2H3/t16-/m1/s1. The molecule has 0 radical (unpaired) electrons. The van der Waals surface area contributed by atoms with E-state index in [1.54, 1.807) is 30.3 Å². The van der Waals surface area contributed by atoms with Crippen molar-refractivity contribution in [3.05, 3.63) is 71.1 Å². The fraction of sp³-hybridized carbons (Fsp3) is 0.222. The van der Waals surface area contributed by atoms with Gasteiger partial charge in [-0.05, 0) is 55.3 Å². The van der Waals surface area contributed by atoms with Crippen LogP contribution in [0.5, 0.6) is 0 Å². The Balaban J connectivity index is 2.18. The van der Waals surface area contributed by atoms with Gasteiger partial charge in [0, 0.05) is 5.41 Å². The zero-order valence-electron chi connectivity index (χ0n) is 14.0. The molecule has 0 saturated carbocycles. The van der Waals surface area contributed by atoms with Gasteiger partial charge in [-0.3, -0.25) is 4.31 Å². The second-order valence-electron chi connectivity index (χ2n) is 6.19. The normalized spacial score (nSPS) is 19.0. The van der Waals surface area contributed by atoms with E-state index in [9.17, 15) is 16.8 Å². The van der Waals surface area contributed by atoms with Gasteiger partial charge in [-0.1, -0.05) is 24.3 Å². The van der Waals surface area contributed by atoms with Crippen molar-refractivity contribution >= 4 is 25.5 Å². The fourth-order valence-corrected chi connectivity index (χ4v) is 5.97. The van der Waals surface area contributed by atoms with Crippen LogP contribution >= 0.6 is 0 Å². The third-order valence-corrected chi connectivity index (χ3v) is 7.22. The molecule has 1 aliphatic heterocycles. The summed E-state index contributed by atoms with van der Waals surface area (Å²) in [7, 11) is -7.30. The smallest absolute Gasteiger partial charge is 0.258 e. The van der Waals surface area contributed by atoms with Crippen molar-refractivity contribution in [3.8, 4) is 0 Å². The van der Waals surface area contributed by atoms with Crippen molar-refractivity contribution in [1.29, 1.82) is 0 Å². The SMILES string of the molecule is Cc1cc(C)cc(N([C@@H]2C=CS(=O)(=O)C2)S(=O)(=O)c2ccccc2)c1. The predicted octanol–water partition coefficient (Wildman–Crippen LogP) is 2.81. The third-order valence-electron chi connectivity index (χ3n) is 3.97. The number of hydrogen-bond acceptors (Lipinski definition) is 4. The molecule has 3 rings (SSSR count). The molecule has 0 amide bonds. The van der Waals surface area contributed by atoms with E-state index in [1.807, 2.05) is 19.9 Å². The summed E-state index contributed by atoms with van der Waals surface area (Å²) in [5, 5.41) is 1.09. The molecular weight excluding hydrogens is 358 g/mol. The predicted molar refractivity (Wildman–Crippen MR) is 98.7 cm³/mol. The molecule has 0 N–H and O–H groups in total. The molecule has 25 heavy (non-hydrogen) atoms. The van der Waals surface area contributed by atoms with Gasteiger partial charge in [-0.2, -0.15) is 0 Å². The van der Waals surface area contributed by atoms with Crippen molar-refractivity contribution in [1.82, 2.24) is 0 Å². The maximum atomic E-state index is 13.3. The quantitative estimate of drug-likeness (QED) is 0.821. The summed E-state index contributed by atoms with van der Waals surface area (Å²) in [5.41, 5.74) is 2.29. The highest BCUT2D eigenvalue weighted by atomic mass is 32.2. The number of anilines is 1. The minimum absolute atomic E-state index is 0.131. The lowest BCUT2D eigenvalue weighted by molar-refractivity contribution is 0.586. The zero-order valence-corrected chi connectivity index (χ0v) is 15.6. The van der Waals surface area contributed by atoms with E-state index in [4.69, 9.17) is 0 Å². The summed E-state index contributed by atoms with van der Waals surface area (Å²) in [6.45, 7) is 3.76. The Morgan fingerprint density at radius 3 is 2.12 bits per heavy atom. The van der Waals surface area contributed by atoms with Crippen LogP contribution in [0.1, 0.15) is 11.1 Å². The molecule has 5 nitrogen and oxygen atoms in total. The van der Waals surface area contributed by atoms with Crippen molar-refractivity contribution < 1.29 is 16.8 Å². The lowest BCUT2D eigenvalue weighted by Gasteiger charge is -2.29.